The summed E-state index contributed by atoms with van der Waals surface area (Å²) in [5.41, 5.74) is 0.887. The van der Waals surface area contributed by atoms with Gasteiger partial charge in [-0.1, -0.05) is 19.3 Å². The summed E-state index contributed by atoms with van der Waals surface area (Å²) < 4.78 is 14.2. The number of nitrogens with zero attached hydrogens (tertiary/aromatic N) is 2. The van der Waals surface area contributed by atoms with Crippen molar-refractivity contribution in [2.75, 3.05) is 0 Å². The molecule has 1 aliphatic carbocycles. The second-order valence-electron chi connectivity index (χ2n) is 6.12. The molecule has 2 aromatic rings. The fraction of sp³-hybridized carbons (Fsp3) is 0.389. The molecule has 1 heterocycles. The molecule has 5 nitrogen and oxygen atoms in total. The van der Waals surface area contributed by atoms with E-state index in [1.807, 2.05) is 0 Å². The molecule has 0 unspecified atom stereocenters. The molecule has 0 atom stereocenters. The standard InChI is InChI=1S/C18H20FN3O2/c19-14-8-6-13(7-9-14)16-10-11-18(24)22(21-16)12-17(23)20-15-4-2-1-3-5-15/h6-11,15H,1-5,12H2,(H,20,23). The van der Waals surface area contributed by atoms with Gasteiger partial charge in [-0.05, 0) is 43.2 Å². The Kier molecular flexibility index (Phi) is 5.03. The van der Waals surface area contributed by atoms with Crippen molar-refractivity contribution in [1.82, 2.24) is 15.1 Å². The van der Waals surface area contributed by atoms with Gasteiger partial charge in [-0.15, -0.1) is 0 Å². The summed E-state index contributed by atoms with van der Waals surface area (Å²) in [5, 5.41) is 7.20. The van der Waals surface area contributed by atoms with Crippen LogP contribution in [0.15, 0.2) is 41.2 Å². The lowest BCUT2D eigenvalue weighted by molar-refractivity contribution is -0.122. The first kappa shape index (κ1) is 16.4. The minimum Gasteiger partial charge on any atom is -0.352 e. The van der Waals surface area contributed by atoms with Crippen LogP contribution in [0.2, 0.25) is 0 Å². The molecule has 0 aliphatic heterocycles. The van der Waals surface area contributed by atoms with Crippen molar-refractivity contribution >= 4 is 5.91 Å². The highest BCUT2D eigenvalue weighted by Crippen LogP contribution is 2.17. The molecule has 0 spiro atoms. The van der Waals surface area contributed by atoms with Crippen molar-refractivity contribution in [3.8, 4) is 11.3 Å². The number of hydrogen-bond acceptors (Lipinski definition) is 3. The Balaban J connectivity index is 1.72. The Hall–Kier alpha value is -2.50. The van der Waals surface area contributed by atoms with Gasteiger partial charge in [0.15, 0.2) is 0 Å². The van der Waals surface area contributed by atoms with E-state index in [1.165, 1.54) is 24.6 Å². The molecule has 24 heavy (non-hydrogen) atoms. The lowest BCUT2D eigenvalue weighted by Crippen LogP contribution is -2.40. The van der Waals surface area contributed by atoms with Crippen LogP contribution in [-0.2, 0) is 11.3 Å². The van der Waals surface area contributed by atoms with Gasteiger partial charge in [0, 0.05) is 17.7 Å². The Morgan fingerprint density at radius 3 is 2.54 bits per heavy atom. The fourth-order valence-electron chi connectivity index (χ4n) is 2.99. The van der Waals surface area contributed by atoms with Crippen molar-refractivity contribution in [2.45, 2.75) is 44.7 Å². The molecule has 3 rings (SSSR count). The Morgan fingerprint density at radius 1 is 1.12 bits per heavy atom. The van der Waals surface area contributed by atoms with Crippen LogP contribution < -0.4 is 10.9 Å². The molecule has 0 bridgehead atoms. The predicted octanol–water partition coefficient (Wildman–Crippen LogP) is 2.50. The number of nitrogens with one attached hydrogen (secondary N) is 1. The second kappa shape index (κ2) is 7.38. The van der Waals surface area contributed by atoms with E-state index in [1.54, 1.807) is 18.2 Å². The van der Waals surface area contributed by atoms with Crippen LogP contribution in [0, 0.1) is 5.82 Å². The summed E-state index contributed by atoms with van der Waals surface area (Å²) in [7, 11) is 0. The Bertz CT molecular complexity index is 765. The molecule has 1 aliphatic rings. The molecule has 1 saturated carbocycles. The van der Waals surface area contributed by atoms with E-state index >= 15 is 0 Å². The summed E-state index contributed by atoms with van der Waals surface area (Å²) in [5.74, 6) is -0.535. The number of halogens is 1. The van der Waals surface area contributed by atoms with Gasteiger partial charge >= 0.3 is 0 Å². The zero-order valence-corrected chi connectivity index (χ0v) is 13.4. The van der Waals surface area contributed by atoms with Gasteiger partial charge in [0.2, 0.25) is 5.91 Å². The van der Waals surface area contributed by atoms with Crippen LogP contribution >= 0.6 is 0 Å². The number of hydrogen-bond donors (Lipinski definition) is 1. The van der Waals surface area contributed by atoms with Crippen LogP contribution in [0.1, 0.15) is 32.1 Å². The number of amides is 1. The largest absolute Gasteiger partial charge is 0.352 e. The maximum Gasteiger partial charge on any atom is 0.267 e. The average molecular weight is 329 g/mol. The molecule has 1 aromatic heterocycles. The minimum absolute atomic E-state index is 0.107. The topological polar surface area (TPSA) is 64.0 Å². The average Bonchev–Trinajstić information content (AvgIpc) is 2.58. The Labute approximate surface area is 139 Å². The smallest absolute Gasteiger partial charge is 0.267 e. The number of benzene rings is 1. The minimum atomic E-state index is -0.334. The fourth-order valence-corrected chi connectivity index (χ4v) is 2.99. The quantitative estimate of drug-likeness (QED) is 0.937. The summed E-state index contributed by atoms with van der Waals surface area (Å²) in [6, 6.07) is 9.00. The van der Waals surface area contributed by atoms with E-state index in [4.69, 9.17) is 0 Å². The second-order valence-corrected chi connectivity index (χ2v) is 6.12. The monoisotopic (exact) mass is 329 g/mol. The third-order valence-corrected chi connectivity index (χ3v) is 4.27. The van der Waals surface area contributed by atoms with Crippen molar-refractivity contribution in [2.24, 2.45) is 0 Å². The van der Waals surface area contributed by atoms with Crippen molar-refractivity contribution in [3.63, 3.8) is 0 Å². The SMILES string of the molecule is O=C(Cn1nc(-c2ccc(F)cc2)ccc1=O)NC1CCCCC1. The first-order valence-electron chi connectivity index (χ1n) is 8.25. The summed E-state index contributed by atoms with van der Waals surface area (Å²) in [6.07, 6.45) is 5.45. The molecule has 0 radical (unpaired) electrons. The van der Waals surface area contributed by atoms with E-state index in [2.05, 4.69) is 10.4 Å². The third kappa shape index (κ3) is 4.07. The number of aromatic nitrogens is 2. The van der Waals surface area contributed by atoms with Gasteiger partial charge in [-0.3, -0.25) is 9.59 Å². The highest BCUT2D eigenvalue weighted by molar-refractivity contribution is 5.76. The maximum atomic E-state index is 13.0. The zero-order chi connectivity index (χ0) is 16.9. The lowest BCUT2D eigenvalue weighted by atomic mass is 9.95. The van der Waals surface area contributed by atoms with E-state index in [9.17, 15) is 14.0 Å². The first-order chi connectivity index (χ1) is 11.6. The molecular weight excluding hydrogens is 309 g/mol. The maximum absolute atomic E-state index is 13.0. The van der Waals surface area contributed by atoms with E-state index in [0.717, 1.165) is 30.4 Å². The highest BCUT2D eigenvalue weighted by Gasteiger charge is 2.16. The van der Waals surface area contributed by atoms with Gasteiger partial charge in [0.05, 0.1) is 5.69 Å². The lowest BCUT2D eigenvalue weighted by Gasteiger charge is -2.22. The summed E-state index contributed by atoms with van der Waals surface area (Å²) in [4.78, 5) is 24.1. The van der Waals surface area contributed by atoms with Crippen LogP contribution in [0.5, 0.6) is 0 Å². The molecule has 1 aromatic carbocycles. The van der Waals surface area contributed by atoms with Gasteiger partial charge in [0.25, 0.3) is 5.56 Å². The highest BCUT2D eigenvalue weighted by atomic mass is 19.1. The third-order valence-electron chi connectivity index (χ3n) is 4.27. The van der Waals surface area contributed by atoms with E-state index in [0.29, 0.717) is 11.3 Å². The zero-order valence-electron chi connectivity index (χ0n) is 13.4. The van der Waals surface area contributed by atoms with Gasteiger partial charge in [0.1, 0.15) is 12.4 Å². The molecular formula is C18H20FN3O2. The first-order valence-corrected chi connectivity index (χ1v) is 8.25. The van der Waals surface area contributed by atoms with Crippen LogP contribution in [0.25, 0.3) is 11.3 Å². The summed E-state index contributed by atoms with van der Waals surface area (Å²) >= 11 is 0. The molecule has 126 valence electrons. The van der Waals surface area contributed by atoms with Gasteiger partial charge in [-0.25, -0.2) is 9.07 Å². The number of carbonyl (C=O) groups excluding carboxylic acids is 1. The van der Waals surface area contributed by atoms with Gasteiger partial charge < -0.3 is 5.32 Å². The molecule has 0 saturated heterocycles. The predicted molar refractivity (Wildman–Crippen MR) is 88.9 cm³/mol. The number of rotatable bonds is 4. The molecule has 1 amide bonds. The number of carbonyl (C=O) groups is 1. The van der Waals surface area contributed by atoms with Crippen LogP contribution in [0.3, 0.4) is 0 Å². The van der Waals surface area contributed by atoms with Crippen LogP contribution in [-0.4, -0.2) is 21.7 Å². The van der Waals surface area contributed by atoms with Crippen molar-refractivity contribution < 1.29 is 9.18 Å². The Morgan fingerprint density at radius 2 is 1.83 bits per heavy atom. The van der Waals surface area contributed by atoms with E-state index in [-0.39, 0.29) is 29.9 Å². The summed E-state index contributed by atoms with van der Waals surface area (Å²) in [6.45, 7) is -0.107. The van der Waals surface area contributed by atoms with E-state index < -0.39 is 0 Å². The molecule has 6 heteroatoms. The van der Waals surface area contributed by atoms with Crippen molar-refractivity contribution in [3.05, 3.63) is 52.6 Å². The molecule has 1 N–H and O–H groups in total. The normalized spacial score (nSPS) is 15.2. The van der Waals surface area contributed by atoms with Gasteiger partial charge in [-0.2, -0.15) is 5.10 Å². The molecule has 1 fully saturated rings. The van der Waals surface area contributed by atoms with Crippen LogP contribution in [0.4, 0.5) is 4.39 Å². The van der Waals surface area contributed by atoms with Crippen molar-refractivity contribution in [1.29, 1.82) is 0 Å².